The van der Waals surface area contributed by atoms with Crippen molar-refractivity contribution in [2.75, 3.05) is 6.61 Å². The number of ether oxygens (including phenoxy) is 1. The molecule has 0 unspecified atom stereocenters. The third-order valence-corrected chi connectivity index (χ3v) is 2.78. The van der Waals surface area contributed by atoms with Crippen molar-refractivity contribution in [3.63, 3.8) is 0 Å². The van der Waals surface area contributed by atoms with Crippen LogP contribution in [0.15, 0.2) is 12.3 Å². The van der Waals surface area contributed by atoms with Gasteiger partial charge in [-0.1, -0.05) is 34.6 Å². The van der Waals surface area contributed by atoms with Crippen molar-refractivity contribution >= 4 is 5.97 Å². The Bertz CT molecular complexity index is 431. The fourth-order valence-corrected chi connectivity index (χ4v) is 1.76. The van der Waals surface area contributed by atoms with Gasteiger partial charge in [-0.3, -0.25) is 4.98 Å². The summed E-state index contributed by atoms with van der Waals surface area (Å²) in [5.74, 6) is 0.0668. The molecule has 0 aliphatic heterocycles. The predicted molar refractivity (Wildman–Crippen MR) is 73.0 cm³/mol. The molecule has 0 aromatic carbocycles. The molecule has 0 saturated carbocycles. The zero-order valence-electron chi connectivity index (χ0n) is 12.2. The first-order chi connectivity index (χ1) is 8.27. The Hall–Kier alpha value is -1.38. The summed E-state index contributed by atoms with van der Waals surface area (Å²) < 4.78 is 5.12. The van der Waals surface area contributed by atoms with E-state index in [-0.39, 0.29) is 11.4 Å². The van der Waals surface area contributed by atoms with E-state index >= 15 is 0 Å². The molecule has 0 radical (unpaired) electrons. The lowest BCUT2D eigenvalue weighted by Crippen LogP contribution is -2.21. The lowest BCUT2D eigenvalue weighted by atomic mass is 9.87. The molecule has 0 saturated heterocycles. The number of aromatic nitrogens is 1. The SMILES string of the molecule is CCOC(=O)c1cc(C(C)C)cnc1C(C)(C)C. The van der Waals surface area contributed by atoms with Gasteiger partial charge in [0.25, 0.3) is 0 Å². The van der Waals surface area contributed by atoms with E-state index in [0.29, 0.717) is 18.1 Å². The lowest BCUT2D eigenvalue weighted by Gasteiger charge is -2.21. The summed E-state index contributed by atoms with van der Waals surface area (Å²) in [6, 6.07) is 1.91. The maximum Gasteiger partial charge on any atom is 0.340 e. The monoisotopic (exact) mass is 249 g/mol. The van der Waals surface area contributed by atoms with Crippen LogP contribution in [0.3, 0.4) is 0 Å². The Labute approximate surface area is 110 Å². The number of carbonyl (C=O) groups excluding carboxylic acids is 1. The minimum atomic E-state index is -0.280. The van der Waals surface area contributed by atoms with Crippen molar-refractivity contribution in [2.24, 2.45) is 0 Å². The zero-order valence-corrected chi connectivity index (χ0v) is 12.2. The van der Waals surface area contributed by atoms with Crippen molar-refractivity contribution in [3.8, 4) is 0 Å². The summed E-state index contributed by atoms with van der Waals surface area (Å²) in [4.78, 5) is 16.5. The number of nitrogens with zero attached hydrogens (tertiary/aromatic N) is 1. The van der Waals surface area contributed by atoms with Crippen LogP contribution in [0.2, 0.25) is 0 Å². The number of pyridine rings is 1. The standard InChI is InChI=1S/C15H23NO2/c1-7-18-14(17)12-8-11(10(2)3)9-16-13(12)15(4,5)6/h8-10H,7H2,1-6H3. The van der Waals surface area contributed by atoms with Crippen LogP contribution in [0.4, 0.5) is 0 Å². The summed E-state index contributed by atoms with van der Waals surface area (Å²) in [7, 11) is 0. The van der Waals surface area contributed by atoms with Crippen LogP contribution >= 0.6 is 0 Å². The summed E-state index contributed by atoms with van der Waals surface area (Å²) in [6.07, 6.45) is 1.86. The van der Waals surface area contributed by atoms with Crippen LogP contribution in [0.5, 0.6) is 0 Å². The minimum Gasteiger partial charge on any atom is -0.462 e. The number of carbonyl (C=O) groups is 1. The van der Waals surface area contributed by atoms with Gasteiger partial charge in [-0.25, -0.2) is 4.79 Å². The van der Waals surface area contributed by atoms with E-state index < -0.39 is 0 Å². The molecule has 0 atom stereocenters. The van der Waals surface area contributed by atoms with Crippen LogP contribution in [0.1, 0.15) is 69.1 Å². The van der Waals surface area contributed by atoms with Crippen molar-refractivity contribution in [3.05, 3.63) is 29.1 Å². The molecule has 0 aliphatic rings. The number of hydrogen-bond donors (Lipinski definition) is 0. The van der Waals surface area contributed by atoms with Gasteiger partial charge >= 0.3 is 5.97 Å². The minimum absolute atomic E-state index is 0.169. The van der Waals surface area contributed by atoms with Crippen LogP contribution in [-0.4, -0.2) is 17.6 Å². The molecule has 3 nitrogen and oxygen atoms in total. The number of esters is 1. The fourth-order valence-electron chi connectivity index (χ4n) is 1.76. The maximum atomic E-state index is 12.0. The van der Waals surface area contributed by atoms with Gasteiger partial charge in [0.15, 0.2) is 0 Å². The van der Waals surface area contributed by atoms with Crippen LogP contribution in [0.25, 0.3) is 0 Å². The quantitative estimate of drug-likeness (QED) is 0.767. The Kier molecular flexibility index (Phi) is 4.49. The molecule has 100 valence electrons. The van der Waals surface area contributed by atoms with E-state index in [4.69, 9.17) is 4.74 Å². The first-order valence-corrected chi connectivity index (χ1v) is 6.45. The van der Waals surface area contributed by atoms with Crippen LogP contribution in [0, 0.1) is 0 Å². The Morgan fingerprint density at radius 1 is 1.39 bits per heavy atom. The second-order valence-electron chi connectivity index (χ2n) is 5.79. The second-order valence-corrected chi connectivity index (χ2v) is 5.79. The van der Waals surface area contributed by atoms with Crippen molar-refractivity contribution < 1.29 is 9.53 Å². The van der Waals surface area contributed by atoms with Crippen LogP contribution in [-0.2, 0) is 10.2 Å². The molecule has 0 aliphatic carbocycles. The molecular formula is C15H23NO2. The van der Waals surface area contributed by atoms with Gasteiger partial charge in [0.1, 0.15) is 0 Å². The highest BCUT2D eigenvalue weighted by molar-refractivity contribution is 5.91. The molecule has 18 heavy (non-hydrogen) atoms. The molecule has 3 heteroatoms. The van der Waals surface area contributed by atoms with E-state index in [1.165, 1.54) is 0 Å². The van der Waals surface area contributed by atoms with Crippen molar-refractivity contribution in [1.82, 2.24) is 4.98 Å². The van der Waals surface area contributed by atoms with Crippen LogP contribution < -0.4 is 0 Å². The van der Waals surface area contributed by atoms with E-state index in [1.807, 2.05) is 40.0 Å². The fraction of sp³-hybridized carbons (Fsp3) is 0.600. The topological polar surface area (TPSA) is 39.2 Å². The third kappa shape index (κ3) is 3.31. The summed E-state index contributed by atoms with van der Waals surface area (Å²) in [5.41, 5.74) is 2.28. The van der Waals surface area contributed by atoms with Crippen molar-refractivity contribution in [2.45, 2.75) is 52.9 Å². The molecule has 1 heterocycles. The maximum absolute atomic E-state index is 12.0. The van der Waals surface area contributed by atoms with E-state index in [0.717, 1.165) is 11.3 Å². The second kappa shape index (κ2) is 5.51. The molecule has 1 aromatic heterocycles. The Balaban J connectivity index is 3.31. The Morgan fingerprint density at radius 2 is 2.00 bits per heavy atom. The number of rotatable bonds is 3. The van der Waals surface area contributed by atoms with Crippen molar-refractivity contribution in [1.29, 1.82) is 0 Å². The average Bonchev–Trinajstić information content (AvgIpc) is 2.27. The molecule has 0 amide bonds. The van der Waals surface area contributed by atoms with E-state index in [2.05, 4.69) is 18.8 Å². The van der Waals surface area contributed by atoms with E-state index in [9.17, 15) is 4.79 Å². The lowest BCUT2D eigenvalue weighted by molar-refractivity contribution is 0.0522. The van der Waals surface area contributed by atoms with Gasteiger partial charge in [-0.15, -0.1) is 0 Å². The van der Waals surface area contributed by atoms with Gasteiger partial charge in [0.05, 0.1) is 17.9 Å². The normalized spacial score (nSPS) is 11.7. The third-order valence-electron chi connectivity index (χ3n) is 2.78. The summed E-state index contributed by atoms with van der Waals surface area (Å²) in [6.45, 7) is 12.5. The van der Waals surface area contributed by atoms with Gasteiger partial charge in [0, 0.05) is 11.6 Å². The summed E-state index contributed by atoms with van der Waals surface area (Å²) >= 11 is 0. The zero-order chi connectivity index (χ0) is 13.9. The first kappa shape index (κ1) is 14.7. The average molecular weight is 249 g/mol. The predicted octanol–water partition coefficient (Wildman–Crippen LogP) is 3.68. The van der Waals surface area contributed by atoms with Gasteiger partial charge < -0.3 is 4.74 Å². The highest BCUT2D eigenvalue weighted by Gasteiger charge is 2.24. The smallest absolute Gasteiger partial charge is 0.340 e. The molecule has 0 fully saturated rings. The summed E-state index contributed by atoms with van der Waals surface area (Å²) in [5, 5.41) is 0. The molecule has 0 bridgehead atoms. The van der Waals surface area contributed by atoms with E-state index in [1.54, 1.807) is 0 Å². The molecular weight excluding hydrogens is 226 g/mol. The largest absolute Gasteiger partial charge is 0.462 e. The highest BCUT2D eigenvalue weighted by atomic mass is 16.5. The first-order valence-electron chi connectivity index (χ1n) is 6.45. The molecule has 1 rings (SSSR count). The molecule has 0 N–H and O–H groups in total. The Morgan fingerprint density at radius 3 is 2.44 bits per heavy atom. The highest BCUT2D eigenvalue weighted by Crippen LogP contribution is 2.27. The molecule has 1 aromatic rings. The van der Waals surface area contributed by atoms with Gasteiger partial charge in [-0.05, 0) is 24.5 Å². The van der Waals surface area contributed by atoms with Gasteiger partial charge in [0.2, 0.25) is 0 Å². The van der Waals surface area contributed by atoms with Gasteiger partial charge in [-0.2, -0.15) is 0 Å². The number of hydrogen-bond acceptors (Lipinski definition) is 3. The molecule has 0 spiro atoms.